The zero-order valence-electron chi connectivity index (χ0n) is 16.3. The van der Waals surface area contributed by atoms with E-state index in [9.17, 15) is 9.59 Å². The summed E-state index contributed by atoms with van der Waals surface area (Å²) in [7, 11) is 1.64. The third-order valence-electron chi connectivity index (χ3n) is 4.39. The first-order chi connectivity index (χ1) is 13.4. The van der Waals surface area contributed by atoms with E-state index in [4.69, 9.17) is 0 Å². The first kappa shape index (κ1) is 19.8. The van der Waals surface area contributed by atoms with Crippen molar-refractivity contribution in [1.82, 2.24) is 20.0 Å². The summed E-state index contributed by atoms with van der Waals surface area (Å²) in [5.41, 5.74) is 4.24. The van der Waals surface area contributed by atoms with Crippen molar-refractivity contribution in [2.75, 3.05) is 20.1 Å². The van der Waals surface area contributed by atoms with Crippen molar-refractivity contribution in [1.29, 1.82) is 0 Å². The summed E-state index contributed by atoms with van der Waals surface area (Å²) in [4.78, 5) is 26.3. The molecule has 146 valence electrons. The Hall–Kier alpha value is -2.93. The average Bonchev–Trinajstić information content (AvgIpc) is 3.31. The summed E-state index contributed by atoms with van der Waals surface area (Å²) in [5, 5.41) is 9.21. The number of nitrogens with one attached hydrogen (secondary N) is 1. The number of benzene rings is 1. The first-order valence-corrected chi connectivity index (χ1v) is 10.0. The second kappa shape index (κ2) is 8.84. The lowest BCUT2D eigenvalue weighted by molar-refractivity contribution is -0.121. The van der Waals surface area contributed by atoms with Crippen LogP contribution in [0.5, 0.6) is 0 Å². The lowest BCUT2D eigenvalue weighted by Crippen LogP contribution is -2.38. The van der Waals surface area contributed by atoms with E-state index in [0.29, 0.717) is 11.4 Å². The lowest BCUT2D eigenvalue weighted by Gasteiger charge is -2.16. The van der Waals surface area contributed by atoms with Crippen LogP contribution in [0.25, 0.3) is 5.69 Å². The normalized spacial score (nSPS) is 10.7. The highest BCUT2D eigenvalue weighted by atomic mass is 32.1. The van der Waals surface area contributed by atoms with Gasteiger partial charge >= 0.3 is 0 Å². The van der Waals surface area contributed by atoms with Crippen molar-refractivity contribution < 1.29 is 9.59 Å². The van der Waals surface area contributed by atoms with E-state index >= 15 is 0 Å². The van der Waals surface area contributed by atoms with E-state index in [2.05, 4.69) is 10.4 Å². The Morgan fingerprint density at radius 3 is 2.54 bits per heavy atom. The topological polar surface area (TPSA) is 67.2 Å². The molecule has 2 amide bonds. The molecule has 0 atom stereocenters. The van der Waals surface area contributed by atoms with Crippen molar-refractivity contribution in [2.24, 2.45) is 0 Å². The molecule has 6 nitrogen and oxygen atoms in total. The molecule has 0 bridgehead atoms. The third-order valence-corrected chi connectivity index (χ3v) is 5.24. The van der Waals surface area contributed by atoms with E-state index in [-0.39, 0.29) is 18.4 Å². The minimum atomic E-state index is -0.160. The summed E-state index contributed by atoms with van der Waals surface area (Å²) < 4.78 is 1.92. The average molecular weight is 397 g/mol. The van der Waals surface area contributed by atoms with Crippen molar-refractivity contribution in [3.8, 4) is 5.69 Å². The van der Waals surface area contributed by atoms with Gasteiger partial charge in [-0.3, -0.25) is 9.59 Å². The molecule has 2 heterocycles. The van der Waals surface area contributed by atoms with Crippen LogP contribution in [0.15, 0.2) is 47.8 Å². The Morgan fingerprint density at radius 2 is 1.93 bits per heavy atom. The molecule has 0 fully saturated rings. The van der Waals surface area contributed by atoms with Gasteiger partial charge in [0.2, 0.25) is 5.91 Å². The van der Waals surface area contributed by atoms with E-state index in [0.717, 1.165) is 29.1 Å². The largest absolute Gasteiger partial charge is 0.354 e. The number of nitrogens with zero attached hydrogens (tertiary/aromatic N) is 3. The molecular weight excluding hydrogens is 372 g/mol. The van der Waals surface area contributed by atoms with Crippen LogP contribution in [0.3, 0.4) is 0 Å². The fourth-order valence-electron chi connectivity index (χ4n) is 2.97. The number of carbonyl (C=O) groups is 2. The molecule has 0 saturated heterocycles. The first-order valence-electron chi connectivity index (χ1n) is 9.12. The maximum Gasteiger partial charge on any atom is 0.264 e. The number of hydrogen-bond acceptors (Lipinski definition) is 4. The summed E-state index contributed by atoms with van der Waals surface area (Å²) in [6.07, 6.45) is 0.728. The van der Waals surface area contributed by atoms with Crippen LogP contribution in [0.1, 0.15) is 26.6 Å². The van der Waals surface area contributed by atoms with E-state index in [1.807, 2.05) is 60.3 Å². The number of rotatable bonds is 7. The minimum absolute atomic E-state index is 0.0492. The smallest absolute Gasteiger partial charge is 0.264 e. The third kappa shape index (κ3) is 4.86. The zero-order chi connectivity index (χ0) is 20.1. The zero-order valence-corrected chi connectivity index (χ0v) is 17.1. The summed E-state index contributed by atoms with van der Waals surface area (Å²) >= 11 is 1.37. The molecule has 3 rings (SSSR count). The monoisotopic (exact) mass is 396 g/mol. The van der Waals surface area contributed by atoms with Gasteiger partial charge in [-0.2, -0.15) is 5.10 Å². The Balaban J connectivity index is 1.46. The number of aryl methyl sites for hydroxylation is 2. The van der Waals surface area contributed by atoms with Crippen molar-refractivity contribution in [3.05, 3.63) is 69.7 Å². The van der Waals surface area contributed by atoms with Crippen LogP contribution in [-0.2, 0) is 11.2 Å². The number of likely N-dealkylation sites (N-methyl/N-ethyl adjacent to an activating group) is 1. The van der Waals surface area contributed by atoms with Crippen LogP contribution in [0.2, 0.25) is 0 Å². The van der Waals surface area contributed by atoms with Gasteiger partial charge in [0.15, 0.2) is 0 Å². The molecule has 0 radical (unpaired) electrons. The predicted molar refractivity (Wildman–Crippen MR) is 111 cm³/mol. The van der Waals surface area contributed by atoms with Gasteiger partial charge in [0.25, 0.3) is 5.91 Å². The molecule has 0 aliphatic heterocycles. The standard InChI is InChI=1S/C21H24N4O2S/c1-15-13-16(2)25(23-15)18-8-6-17(7-9-18)10-11-22-20(26)14-24(3)21(27)19-5-4-12-28-19/h4-9,12-13H,10-11,14H2,1-3H3,(H,22,26). The van der Waals surface area contributed by atoms with Gasteiger partial charge in [-0.15, -0.1) is 11.3 Å². The van der Waals surface area contributed by atoms with Crippen molar-refractivity contribution in [3.63, 3.8) is 0 Å². The van der Waals surface area contributed by atoms with Crippen LogP contribution in [0.4, 0.5) is 0 Å². The summed E-state index contributed by atoms with van der Waals surface area (Å²) in [6.45, 7) is 4.59. The van der Waals surface area contributed by atoms with Crippen LogP contribution in [-0.4, -0.2) is 46.6 Å². The summed E-state index contributed by atoms with van der Waals surface area (Å²) in [5.74, 6) is -0.295. The van der Waals surface area contributed by atoms with Gasteiger partial charge in [-0.1, -0.05) is 18.2 Å². The number of thiophene rings is 1. The Kier molecular flexibility index (Phi) is 6.26. The Bertz CT molecular complexity index is 945. The van der Waals surface area contributed by atoms with Crippen LogP contribution >= 0.6 is 11.3 Å². The highest BCUT2D eigenvalue weighted by molar-refractivity contribution is 7.12. The SMILES string of the molecule is Cc1cc(C)n(-c2ccc(CCNC(=O)CN(C)C(=O)c3cccs3)cc2)n1. The second-order valence-corrected chi connectivity index (χ2v) is 7.69. The molecule has 0 saturated carbocycles. The molecule has 0 aliphatic carbocycles. The highest BCUT2D eigenvalue weighted by Crippen LogP contribution is 2.13. The van der Waals surface area contributed by atoms with Gasteiger partial charge in [0.1, 0.15) is 0 Å². The molecule has 2 aromatic heterocycles. The van der Waals surface area contributed by atoms with E-state index in [1.165, 1.54) is 16.2 Å². The quantitative estimate of drug-likeness (QED) is 0.668. The van der Waals surface area contributed by atoms with Crippen LogP contribution in [0, 0.1) is 13.8 Å². The van der Waals surface area contributed by atoms with E-state index < -0.39 is 0 Å². The van der Waals surface area contributed by atoms with Crippen molar-refractivity contribution in [2.45, 2.75) is 20.3 Å². The molecule has 28 heavy (non-hydrogen) atoms. The minimum Gasteiger partial charge on any atom is -0.354 e. The number of amides is 2. The molecule has 0 aliphatic rings. The second-order valence-electron chi connectivity index (χ2n) is 6.74. The summed E-state index contributed by atoms with van der Waals surface area (Å²) in [6, 6.07) is 13.8. The molecule has 3 aromatic rings. The maximum absolute atomic E-state index is 12.2. The molecule has 0 unspecified atom stereocenters. The fourth-order valence-corrected chi connectivity index (χ4v) is 3.69. The van der Waals surface area contributed by atoms with Gasteiger partial charge in [0, 0.05) is 19.3 Å². The van der Waals surface area contributed by atoms with Gasteiger partial charge < -0.3 is 10.2 Å². The molecule has 1 aromatic carbocycles. The Morgan fingerprint density at radius 1 is 1.18 bits per heavy atom. The predicted octanol–water partition coefficient (Wildman–Crippen LogP) is 2.98. The fraction of sp³-hybridized carbons (Fsp3) is 0.286. The number of aromatic nitrogens is 2. The van der Waals surface area contributed by atoms with Crippen molar-refractivity contribution >= 4 is 23.2 Å². The lowest BCUT2D eigenvalue weighted by atomic mass is 10.1. The molecule has 7 heteroatoms. The van der Waals surface area contributed by atoms with Gasteiger partial charge in [-0.25, -0.2) is 4.68 Å². The number of hydrogen-bond donors (Lipinski definition) is 1. The maximum atomic E-state index is 12.2. The van der Waals surface area contributed by atoms with Crippen LogP contribution < -0.4 is 5.32 Å². The molecule has 1 N–H and O–H groups in total. The Labute approximate surface area is 168 Å². The molecular formula is C21H24N4O2S. The highest BCUT2D eigenvalue weighted by Gasteiger charge is 2.15. The molecule has 0 spiro atoms. The van der Waals surface area contributed by atoms with E-state index in [1.54, 1.807) is 13.1 Å². The van der Waals surface area contributed by atoms with Gasteiger partial charge in [-0.05, 0) is 55.5 Å². The van der Waals surface area contributed by atoms with Gasteiger partial charge in [0.05, 0.1) is 22.8 Å². The number of carbonyl (C=O) groups excluding carboxylic acids is 2.